The van der Waals surface area contributed by atoms with Crippen LogP contribution >= 0.6 is 0 Å². The second kappa shape index (κ2) is 8.77. The van der Waals surface area contributed by atoms with E-state index in [-0.39, 0.29) is 12.1 Å². The number of aliphatic imine (C=N–C) groups is 2. The monoisotopic (exact) mass is 444 g/mol. The maximum atomic E-state index is 5.79. The van der Waals surface area contributed by atoms with Crippen LogP contribution in [0.15, 0.2) is 52.4 Å². The lowest BCUT2D eigenvalue weighted by atomic mass is 10.1. The smallest absolute Gasteiger partial charge is 0.235 e. The number of pyridine rings is 2. The first-order chi connectivity index (χ1) is 16.0. The summed E-state index contributed by atoms with van der Waals surface area (Å²) in [4.78, 5) is 18.8. The summed E-state index contributed by atoms with van der Waals surface area (Å²) >= 11 is 0. The van der Waals surface area contributed by atoms with Crippen molar-refractivity contribution in [2.45, 2.75) is 39.8 Å². The first-order valence-corrected chi connectivity index (χ1v) is 11.4. The van der Waals surface area contributed by atoms with E-state index in [9.17, 15) is 0 Å². The van der Waals surface area contributed by atoms with Crippen molar-refractivity contribution in [1.82, 2.24) is 20.2 Å². The molecule has 0 bridgehead atoms. The summed E-state index contributed by atoms with van der Waals surface area (Å²) < 4.78 is 11.6. The molecule has 0 spiro atoms. The Kier molecular flexibility index (Phi) is 5.66. The van der Waals surface area contributed by atoms with Crippen molar-refractivity contribution < 1.29 is 9.47 Å². The van der Waals surface area contributed by atoms with Crippen LogP contribution in [0.1, 0.15) is 39.1 Å². The predicted molar refractivity (Wildman–Crippen MR) is 127 cm³/mol. The predicted octanol–water partition coefficient (Wildman–Crippen LogP) is 4.14. The molecule has 3 aromatic heterocycles. The normalized spacial score (nSPS) is 20.1. The van der Waals surface area contributed by atoms with Crippen molar-refractivity contribution in [3.63, 3.8) is 0 Å². The van der Waals surface area contributed by atoms with Gasteiger partial charge in [0.2, 0.25) is 11.8 Å². The van der Waals surface area contributed by atoms with E-state index in [4.69, 9.17) is 19.4 Å². The van der Waals surface area contributed by atoms with Gasteiger partial charge in [0.1, 0.15) is 30.3 Å². The van der Waals surface area contributed by atoms with Gasteiger partial charge >= 0.3 is 0 Å². The number of rotatable bonds is 6. The molecule has 0 saturated heterocycles. The minimum Gasteiger partial charge on any atom is -0.474 e. The van der Waals surface area contributed by atoms with Gasteiger partial charge in [0.05, 0.1) is 29.2 Å². The van der Waals surface area contributed by atoms with Crippen LogP contribution in [0.2, 0.25) is 0 Å². The molecule has 2 aliphatic rings. The molecule has 5 heterocycles. The number of hydrogen-bond acceptors (Lipinski definition) is 7. The molecule has 2 atom stereocenters. The van der Waals surface area contributed by atoms with Crippen LogP contribution < -0.4 is 0 Å². The highest BCUT2D eigenvalue weighted by atomic mass is 16.5. The molecule has 33 heavy (non-hydrogen) atoms. The SMILES string of the molecule is CC(C)[C@H]1COC(c2cccc(-c3cc(-c4cccc(C5=N[C@@H](C(C)C)CO5)n4)[nH]n3)n2)=N1. The Morgan fingerprint density at radius 1 is 0.727 bits per heavy atom. The molecule has 5 rings (SSSR count). The first kappa shape index (κ1) is 21.3. The van der Waals surface area contributed by atoms with Gasteiger partial charge in [-0.15, -0.1) is 0 Å². The Morgan fingerprint density at radius 2 is 1.24 bits per heavy atom. The molecule has 0 aromatic carbocycles. The lowest BCUT2D eigenvalue weighted by molar-refractivity contribution is 0.291. The molecule has 0 unspecified atom stereocenters. The summed E-state index contributed by atoms with van der Waals surface area (Å²) in [6, 6.07) is 13.9. The van der Waals surface area contributed by atoms with Crippen LogP contribution in [-0.4, -0.2) is 57.3 Å². The highest BCUT2D eigenvalue weighted by Gasteiger charge is 2.25. The van der Waals surface area contributed by atoms with Gasteiger partial charge < -0.3 is 9.47 Å². The molecule has 0 amide bonds. The highest BCUT2D eigenvalue weighted by molar-refractivity contribution is 5.94. The Hall–Kier alpha value is -3.55. The molecule has 8 nitrogen and oxygen atoms in total. The van der Waals surface area contributed by atoms with E-state index in [0.29, 0.717) is 36.8 Å². The second-order valence-electron chi connectivity index (χ2n) is 9.10. The molecule has 2 aliphatic heterocycles. The van der Waals surface area contributed by atoms with Gasteiger partial charge in [-0.05, 0) is 42.2 Å². The third kappa shape index (κ3) is 4.37. The van der Waals surface area contributed by atoms with Gasteiger partial charge in [-0.3, -0.25) is 5.10 Å². The van der Waals surface area contributed by atoms with Crippen LogP contribution in [0.5, 0.6) is 0 Å². The van der Waals surface area contributed by atoms with Crippen molar-refractivity contribution >= 4 is 11.8 Å². The summed E-state index contributed by atoms with van der Waals surface area (Å²) in [7, 11) is 0. The van der Waals surface area contributed by atoms with Crippen LogP contribution in [0.3, 0.4) is 0 Å². The highest BCUT2D eigenvalue weighted by Crippen LogP contribution is 2.24. The third-order valence-corrected chi connectivity index (χ3v) is 5.94. The van der Waals surface area contributed by atoms with Crippen LogP contribution in [0, 0.1) is 11.8 Å². The minimum absolute atomic E-state index is 0.171. The van der Waals surface area contributed by atoms with E-state index in [0.717, 1.165) is 34.2 Å². The summed E-state index contributed by atoms with van der Waals surface area (Å²) in [5, 5.41) is 7.55. The number of nitrogens with zero attached hydrogens (tertiary/aromatic N) is 5. The van der Waals surface area contributed by atoms with Crippen LogP contribution in [-0.2, 0) is 9.47 Å². The number of H-pyrrole nitrogens is 1. The molecule has 0 saturated carbocycles. The largest absolute Gasteiger partial charge is 0.474 e. The van der Waals surface area contributed by atoms with Gasteiger partial charge in [0.25, 0.3) is 0 Å². The van der Waals surface area contributed by atoms with Gasteiger partial charge in [-0.1, -0.05) is 39.8 Å². The minimum atomic E-state index is 0.171. The molecule has 0 aliphatic carbocycles. The van der Waals surface area contributed by atoms with E-state index in [1.54, 1.807) is 0 Å². The van der Waals surface area contributed by atoms with E-state index < -0.39 is 0 Å². The molecule has 0 radical (unpaired) electrons. The Balaban J connectivity index is 1.39. The summed E-state index contributed by atoms with van der Waals surface area (Å²) in [5.74, 6) is 2.06. The summed E-state index contributed by atoms with van der Waals surface area (Å²) in [6.45, 7) is 9.78. The fourth-order valence-corrected chi connectivity index (χ4v) is 3.73. The number of aromatic nitrogens is 4. The standard InChI is InChI=1S/C25H28N6O2/c1-14(2)22-12-32-24(28-22)18-9-5-7-16(26-18)20-11-21(31-30-20)17-8-6-10-19(27-17)25-29-23(13-33-25)15(3)4/h5-11,14-15,22-23H,12-13H2,1-4H3,(H,30,31)/t22-,23-/m1/s1. The Labute approximate surface area is 193 Å². The molecule has 8 heteroatoms. The number of nitrogens with one attached hydrogen (secondary N) is 1. The van der Waals surface area contributed by atoms with Crippen LogP contribution in [0.25, 0.3) is 22.8 Å². The van der Waals surface area contributed by atoms with Crippen LogP contribution in [0.4, 0.5) is 0 Å². The molecule has 1 N–H and O–H groups in total. The van der Waals surface area contributed by atoms with E-state index in [1.807, 2.05) is 42.5 Å². The van der Waals surface area contributed by atoms with E-state index in [1.165, 1.54) is 0 Å². The van der Waals surface area contributed by atoms with Gasteiger partial charge in [-0.2, -0.15) is 5.10 Å². The average molecular weight is 445 g/mol. The van der Waals surface area contributed by atoms with Crippen molar-refractivity contribution in [1.29, 1.82) is 0 Å². The van der Waals surface area contributed by atoms with Crippen molar-refractivity contribution in [2.75, 3.05) is 13.2 Å². The van der Waals surface area contributed by atoms with Crippen molar-refractivity contribution in [3.8, 4) is 22.8 Å². The van der Waals surface area contributed by atoms with Gasteiger partial charge in [-0.25, -0.2) is 20.0 Å². The maximum Gasteiger partial charge on any atom is 0.235 e. The lowest BCUT2D eigenvalue weighted by Gasteiger charge is -2.06. The zero-order chi connectivity index (χ0) is 22.9. The Bertz CT molecular complexity index is 1120. The van der Waals surface area contributed by atoms with Gasteiger partial charge in [0, 0.05) is 0 Å². The lowest BCUT2D eigenvalue weighted by Crippen LogP contribution is -2.13. The molecular formula is C25H28N6O2. The maximum absolute atomic E-state index is 5.79. The number of ether oxygens (including phenoxy) is 2. The topological polar surface area (TPSA) is 97.6 Å². The number of hydrogen-bond donors (Lipinski definition) is 1. The third-order valence-electron chi connectivity index (χ3n) is 5.94. The summed E-state index contributed by atoms with van der Waals surface area (Å²) in [5.41, 5.74) is 4.48. The Morgan fingerprint density at radius 3 is 1.79 bits per heavy atom. The van der Waals surface area contributed by atoms with E-state index >= 15 is 0 Å². The fourth-order valence-electron chi connectivity index (χ4n) is 3.73. The quantitative estimate of drug-likeness (QED) is 0.616. The van der Waals surface area contributed by atoms with Crippen molar-refractivity contribution in [3.05, 3.63) is 53.9 Å². The fraction of sp³-hybridized carbons (Fsp3) is 0.400. The van der Waals surface area contributed by atoms with Crippen molar-refractivity contribution in [2.24, 2.45) is 21.8 Å². The zero-order valence-corrected chi connectivity index (χ0v) is 19.3. The second-order valence-corrected chi connectivity index (χ2v) is 9.10. The zero-order valence-electron chi connectivity index (χ0n) is 19.3. The molecule has 0 fully saturated rings. The van der Waals surface area contributed by atoms with Gasteiger partial charge in [0.15, 0.2) is 0 Å². The number of aromatic amines is 1. The van der Waals surface area contributed by atoms with E-state index in [2.05, 4.69) is 47.9 Å². The molecule has 3 aromatic rings. The average Bonchev–Trinajstić information content (AvgIpc) is 3.60. The molecule has 170 valence electrons. The first-order valence-electron chi connectivity index (χ1n) is 11.4. The summed E-state index contributed by atoms with van der Waals surface area (Å²) in [6.07, 6.45) is 0. The molecular weight excluding hydrogens is 416 g/mol.